The molecule has 47 heavy (non-hydrogen) atoms. The molecule has 2 heterocycles. The first-order chi connectivity index (χ1) is 23.2. The molecule has 2 aliphatic heterocycles. The van der Waals surface area contributed by atoms with Gasteiger partial charge in [0.1, 0.15) is 17.8 Å². The lowest BCUT2D eigenvalue weighted by molar-refractivity contribution is 0.728. The molecule has 0 radical (unpaired) electrons. The predicted octanol–water partition coefficient (Wildman–Crippen LogP) is 9.82. The van der Waals surface area contributed by atoms with Gasteiger partial charge in [-0.1, -0.05) is 128 Å². The van der Waals surface area contributed by atoms with Crippen LogP contribution in [0.25, 0.3) is 22.3 Å². The number of nitrogens with zero attached hydrogens (tertiary/aromatic N) is 3. The van der Waals surface area contributed by atoms with E-state index in [1.165, 1.54) is 28.2 Å². The predicted molar refractivity (Wildman–Crippen MR) is 195 cm³/mol. The Morgan fingerprint density at radius 2 is 1.06 bits per heavy atom. The largest absolute Gasteiger partial charge is 0.363 e. The molecule has 2 N–H and O–H groups in total. The van der Waals surface area contributed by atoms with Crippen molar-refractivity contribution in [1.82, 2.24) is 5.32 Å². The maximum Gasteiger partial charge on any atom is 0.169 e. The van der Waals surface area contributed by atoms with E-state index < -0.39 is 0 Å². The van der Waals surface area contributed by atoms with Crippen LogP contribution >= 0.6 is 0 Å². The van der Waals surface area contributed by atoms with Gasteiger partial charge < -0.3 is 15.5 Å². The van der Waals surface area contributed by atoms with E-state index in [0.29, 0.717) is 0 Å². The molecular weight excluding hydrogens is 574 g/mol. The molecule has 0 saturated carbocycles. The summed E-state index contributed by atoms with van der Waals surface area (Å²) < 4.78 is 0. The van der Waals surface area contributed by atoms with Crippen molar-refractivity contribution in [2.75, 3.05) is 10.2 Å². The van der Waals surface area contributed by atoms with Crippen molar-refractivity contribution in [3.05, 3.63) is 174 Å². The number of anilines is 3. The fourth-order valence-corrected chi connectivity index (χ4v) is 6.50. The SMILES string of the molecule is CCC1Nc2ccccc2N1c1cccc(-c2cccc(-c3cccc(C4N=C(c5ccccc5)NC(c5ccccc5)=N4)c3)c2)c1. The Bertz CT molecular complexity index is 2050. The molecule has 5 heteroatoms. The third-order valence-electron chi connectivity index (χ3n) is 8.86. The van der Waals surface area contributed by atoms with Crippen molar-refractivity contribution in [3.63, 3.8) is 0 Å². The molecule has 0 fully saturated rings. The normalized spacial score (nSPS) is 15.7. The zero-order valence-electron chi connectivity index (χ0n) is 26.2. The van der Waals surface area contributed by atoms with Crippen LogP contribution in [0.2, 0.25) is 0 Å². The van der Waals surface area contributed by atoms with E-state index in [9.17, 15) is 0 Å². The highest BCUT2D eigenvalue weighted by molar-refractivity contribution is 6.15. The summed E-state index contributed by atoms with van der Waals surface area (Å²) in [6.07, 6.45) is 0.849. The van der Waals surface area contributed by atoms with Gasteiger partial charge in [-0.15, -0.1) is 0 Å². The molecular formula is C42H35N5. The fourth-order valence-electron chi connectivity index (χ4n) is 6.50. The first-order valence-electron chi connectivity index (χ1n) is 16.2. The molecule has 0 amide bonds. The molecule has 0 saturated heterocycles. The van der Waals surface area contributed by atoms with Crippen LogP contribution in [0.4, 0.5) is 17.1 Å². The molecule has 228 valence electrons. The summed E-state index contributed by atoms with van der Waals surface area (Å²) in [7, 11) is 0. The molecule has 2 aliphatic rings. The van der Waals surface area contributed by atoms with Gasteiger partial charge >= 0.3 is 0 Å². The smallest absolute Gasteiger partial charge is 0.169 e. The minimum absolute atomic E-state index is 0.224. The van der Waals surface area contributed by atoms with Crippen LogP contribution in [0.1, 0.15) is 36.2 Å². The number of hydrogen-bond acceptors (Lipinski definition) is 5. The van der Waals surface area contributed by atoms with E-state index in [2.05, 4.69) is 144 Å². The van der Waals surface area contributed by atoms with Crippen LogP contribution in [0.5, 0.6) is 0 Å². The summed E-state index contributed by atoms with van der Waals surface area (Å²) in [4.78, 5) is 12.6. The number of amidine groups is 2. The molecule has 0 spiro atoms. The first-order valence-corrected chi connectivity index (χ1v) is 16.2. The topological polar surface area (TPSA) is 52.0 Å². The van der Waals surface area contributed by atoms with Crippen molar-refractivity contribution in [3.8, 4) is 22.3 Å². The number of para-hydroxylation sites is 2. The minimum Gasteiger partial charge on any atom is -0.363 e. The van der Waals surface area contributed by atoms with Gasteiger partial charge in [-0.05, 0) is 70.6 Å². The van der Waals surface area contributed by atoms with E-state index in [4.69, 9.17) is 9.98 Å². The monoisotopic (exact) mass is 609 g/mol. The van der Waals surface area contributed by atoms with Crippen LogP contribution in [-0.4, -0.2) is 17.8 Å². The number of rotatable bonds is 7. The second-order valence-electron chi connectivity index (χ2n) is 11.9. The van der Waals surface area contributed by atoms with E-state index in [0.717, 1.165) is 45.9 Å². The van der Waals surface area contributed by atoms with Gasteiger partial charge in [-0.2, -0.15) is 0 Å². The Balaban J connectivity index is 1.13. The van der Waals surface area contributed by atoms with Gasteiger partial charge in [-0.25, -0.2) is 9.98 Å². The highest BCUT2D eigenvalue weighted by atomic mass is 15.3. The van der Waals surface area contributed by atoms with Crippen molar-refractivity contribution in [2.45, 2.75) is 25.7 Å². The lowest BCUT2D eigenvalue weighted by Crippen LogP contribution is -2.35. The average molecular weight is 610 g/mol. The summed E-state index contributed by atoms with van der Waals surface area (Å²) in [5.41, 5.74) is 11.4. The minimum atomic E-state index is -0.370. The zero-order chi connectivity index (χ0) is 31.6. The summed E-state index contributed by atoms with van der Waals surface area (Å²) in [6.45, 7) is 2.23. The molecule has 6 aromatic rings. The van der Waals surface area contributed by atoms with Crippen LogP contribution in [0.15, 0.2) is 168 Å². The third-order valence-corrected chi connectivity index (χ3v) is 8.86. The highest BCUT2D eigenvalue weighted by Gasteiger charge is 2.28. The van der Waals surface area contributed by atoms with E-state index >= 15 is 0 Å². The molecule has 6 aromatic carbocycles. The molecule has 0 bridgehead atoms. The lowest BCUT2D eigenvalue weighted by Gasteiger charge is -2.26. The Hall–Kier alpha value is -5.94. The molecule has 1 atom stereocenters. The Morgan fingerprint density at radius 1 is 0.532 bits per heavy atom. The second-order valence-corrected chi connectivity index (χ2v) is 11.9. The van der Waals surface area contributed by atoms with Crippen molar-refractivity contribution in [1.29, 1.82) is 0 Å². The fraction of sp³-hybridized carbons (Fsp3) is 0.0952. The van der Waals surface area contributed by atoms with E-state index in [1.807, 2.05) is 36.4 Å². The van der Waals surface area contributed by atoms with Gasteiger partial charge in [0, 0.05) is 16.8 Å². The highest BCUT2D eigenvalue weighted by Crippen LogP contribution is 2.42. The third kappa shape index (κ3) is 5.68. The molecule has 5 nitrogen and oxygen atoms in total. The van der Waals surface area contributed by atoms with Crippen LogP contribution in [-0.2, 0) is 0 Å². The molecule has 0 aliphatic carbocycles. The van der Waals surface area contributed by atoms with Crippen LogP contribution in [0.3, 0.4) is 0 Å². The quantitative estimate of drug-likeness (QED) is 0.189. The second kappa shape index (κ2) is 12.5. The number of nitrogens with one attached hydrogen (secondary N) is 2. The maximum atomic E-state index is 5.08. The summed E-state index contributed by atoms with van der Waals surface area (Å²) >= 11 is 0. The van der Waals surface area contributed by atoms with Gasteiger partial charge in [0.2, 0.25) is 0 Å². The van der Waals surface area contributed by atoms with Crippen molar-refractivity contribution < 1.29 is 0 Å². The van der Waals surface area contributed by atoms with Gasteiger partial charge in [-0.3, -0.25) is 0 Å². The van der Waals surface area contributed by atoms with Gasteiger partial charge in [0.05, 0.1) is 11.4 Å². The first kappa shape index (κ1) is 28.5. The Labute approximate surface area is 276 Å². The van der Waals surface area contributed by atoms with Crippen molar-refractivity contribution >= 4 is 28.7 Å². The molecule has 0 aromatic heterocycles. The number of aliphatic imine (C=N–C) groups is 2. The number of benzene rings is 6. The standard InChI is InChI=1S/C42H35N5/c1-2-39-43-37-24-9-10-25-38(37)47(39)36-23-13-21-34(28-36)32-19-11-18-31(26-32)33-20-12-22-35(27-33)42-45-40(29-14-5-3-6-15-29)44-41(46-42)30-16-7-4-8-17-30/h3-28,39,42-43H,2H2,1H3,(H,44,45,46). The number of hydrogen-bond donors (Lipinski definition) is 2. The van der Waals surface area contributed by atoms with Gasteiger partial charge in [0.25, 0.3) is 0 Å². The van der Waals surface area contributed by atoms with Crippen LogP contribution in [0, 0.1) is 0 Å². The number of fused-ring (bicyclic) bond motifs is 1. The van der Waals surface area contributed by atoms with E-state index in [1.54, 1.807) is 0 Å². The summed E-state index contributed by atoms with van der Waals surface area (Å²) in [5, 5.41) is 7.17. The molecule has 1 unspecified atom stereocenters. The zero-order valence-corrected chi connectivity index (χ0v) is 26.2. The van der Waals surface area contributed by atoms with Crippen LogP contribution < -0.4 is 15.5 Å². The molecule has 8 rings (SSSR count). The lowest BCUT2D eigenvalue weighted by atomic mass is 9.97. The summed E-state index contributed by atoms with van der Waals surface area (Å²) in [6, 6.07) is 55.4. The Kier molecular flexibility index (Phi) is 7.56. The van der Waals surface area contributed by atoms with Gasteiger partial charge in [0.15, 0.2) is 6.17 Å². The average Bonchev–Trinajstić information content (AvgIpc) is 3.54. The summed E-state index contributed by atoms with van der Waals surface area (Å²) in [5.74, 6) is 1.63. The van der Waals surface area contributed by atoms with E-state index in [-0.39, 0.29) is 12.3 Å². The van der Waals surface area contributed by atoms with Crippen molar-refractivity contribution in [2.24, 2.45) is 9.98 Å². The maximum absolute atomic E-state index is 5.08. The Morgan fingerprint density at radius 3 is 1.72 bits per heavy atom.